The van der Waals surface area contributed by atoms with Crippen molar-refractivity contribution >= 4 is 15.9 Å². The molecule has 1 aliphatic carbocycles. The summed E-state index contributed by atoms with van der Waals surface area (Å²) in [6.45, 7) is 5.15. The lowest BCUT2D eigenvalue weighted by atomic mass is 9.89. The molecule has 0 aromatic heterocycles. The van der Waals surface area contributed by atoms with Gasteiger partial charge < -0.3 is 10.1 Å². The predicted octanol–water partition coefficient (Wildman–Crippen LogP) is 3.85. The van der Waals surface area contributed by atoms with Crippen LogP contribution in [0.5, 0.6) is 0 Å². The Balaban J connectivity index is 1.54. The van der Waals surface area contributed by atoms with Gasteiger partial charge in [-0.1, -0.05) is 40.2 Å². The lowest BCUT2D eigenvalue weighted by molar-refractivity contribution is -0.0240. The van der Waals surface area contributed by atoms with E-state index in [0.717, 1.165) is 49.1 Å². The van der Waals surface area contributed by atoms with Crippen LogP contribution in [0.1, 0.15) is 23.1 Å². The zero-order chi connectivity index (χ0) is 18.0. The van der Waals surface area contributed by atoms with Crippen LogP contribution in [0.3, 0.4) is 0 Å². The Morgan fingerprint density at radius 2 is 1.96 bits per heavy atom. The minimum absolute atomic E-state index is 0.0662. The van der Waals surface area contributed by atoms with Crippen molar-refractivity contribution in [2.75, 3.05) is 32.8 Å². The van der Waals surface area contributed by atoms with E-state index in [1.54, 1.807) is 6.07 Å². The smallest absolute Gasteiger partial charge is 0.124 e. The Kier molecular flexibility index (Phi) is 5.41. The van der Waals surface area contributed by atoms with E-state index in [0.29, 0.717) is 13.2 Å². The third-order valence-electron chi connectivity index (χ3n) is 5.58. The van der Waals surface area contributed by atoms with E-state index in [4.69, 9.17) is 4.74 Å². The summed E-state index contributed by atoms with van der Waals surface area (Å²) in [5, 5.41) is 3.44. The molecular formula is C21H24BrFN2O. The number of aryl methyl sites for hydroxylation is 1. The number of fused-ring (bicyclic) bond motifs is 1. The molecule has 0 radical (unpaired) electrons. The van der Waals surface area contributed by atoms with Crippen molar-refractivity contribution in [1.29, 1.82) is 0 Å². The quantitative estimate of drug-likeness (QED) is 0.797. The van der Waals surface area contributed by atoms with E-state index in [2.05, 4.69) is 50.4 Å². The Labute approximate surface area is 162 Å². The second-order valence-electron chi connectivity index (χ2n) is 7.20. The molecule has 3 nitrogen and oxygen atoms in total. The topological polar surface area (TPSA) is 24.5 Å². The maximum atomic E-state index is 13.6. The second-order valence-corrected chi connectivity index (χ2v) is 8.11. The lowest BCUT2D eigenvalue weighted by Crippen LogP contribution is -2.55. The summed E-state index contributed by atoms with van der Waals surface area (Å²) in [5.74, 6) is -0.235. The first-order valence-corrected chi connectivity index (χ1v) is 10.0. The molecule has 1 N–H and O–H groups in total. The van der Waals surface area contributed by atoms with Gasteiger partial charge in [0, 0.05) is 30.7 Å². The number of hydrogen-bond acceptors (Lipinski definition) is 3. The number of halogens is 2. The van der Waals surface area contributed by atoms with E-state index in [1.807, 2.05) is 6.07 Å². The second kappa shape index (κ2) is 7.77. The maximum Gasteiger partial charge on any atom is 0.124 e. The van der Waals surface area contributed by atoms with Crippen LogP contribution in [0.25, 0.3) is 0 Å². The summed E-state index contributed by atoms with van der Waals surface area (Å²) in [4.78, 5) is 2.58. The highest BCUT2D eigenvalue weighted by atomic mass is 79.9. The molecule has 0 bridgehead atoms. The first kappa shape index (κ1) is 18.1. The zero-order valence-corrected chi connectivity index (χ0v) is 16.4. The molecule has 0 spiro atoms. The lowest BCUT2D eigenvalue weighted by Gasteiger charge is -2.44. The maximum absolute atomic E-state index is 13.6. The molecule has 26 heavy (non-hydrogen) atoms. The van der Waals surface area contributed by atoms with Crippen LogP contribution in [0.4, 0.5) is 4.39 Å². The van der Waals surface area contributed by atoms with Crippen molar-refractivity contribution in [3.05, 3.63) is 69.4 Å². The summed E-state index contributed by atoms with van der Waals surface area (Å²) in [6, 6.07) is 13.7. The van der Waals surface area contributed by atoms with Crippen molar-refractivity contribution < 1.29 is 9.13 Å². The summed E-state index contributed by atoms with van der Waals surface area (Å²) in [6.07, 6.45) is 2.17. The highest BCUT2D eigenvalue weighted by Crippen LogP contribution is 2.42. The minimum Gasteiger partial charge on any atom is -0.374 e. The summed E-state index contributed by atoms with van der Waals surface area (Å²) < 4.78 is 20.5. The molecule has 1 heterocycles. The molecule has 2 aromatic carbocycles. The monoisotopic (exact) mass is 418 g/mol. The molecule has 1 atom stereocenters. The number of nitrogens with one attached hydrogen (secondary N) is 1. The molecule has 4 rings (SSSR count). The average molecular weight is 419 g/mol. The largest absolute Gasteiger partial charge is 0.374 e. The van der Waals surface area contributed by atoms with Gasteiger partial charge in [0.25, 0.3) is 0 Å². The van der Waals surface area contributed by atoms with Gasteiger partial charge in [-0.15, -0.1) is 0 Å². The molecule has 1 saturated heterocycles. The number of piperazine rings is 1. The van der Waals surface area contributed by atoms with Crippen LogP contribution >= 0.6 is 15.9 Å². The van der Waals surface area contributed by atoms with Gasteiger partial charge in [0.15, 0.2) is 0 Å². The van der Waals surface area contributed by atoms with Gasteiger partial charge in [-0.3, -0.25) is 4.90 Å². The molecular weight excluding hydrogens is 395 g/mol. The molecule has 1 aliphatic heterocycles. The zero-order valence-electron chi connectivity index (χ0n) is 14.8. The van der Waals surface area contributed by atoms with Crippen LogP contribution in [0, 0.1) is 5.82 Å². The summed E-state index contributed by atoms with van der Waals surface area (Å²) in [7, 11) is 0. The van der Waals surface area contributed by atoms with Gasteiger partial charge in [-0.2, -0.15) is 0 Å². The number of hydrogen-bond donors (Lipinski definition) is 1. The van der Waals surface area contributed by atoms with Crippen LogP contribution in [-0.4, -0.2) is 37.7 Å². The molecule has 5 heteroatoms. The van der Waals surface area contributed by atoms with Crippen molar-refractivity contribution in [3.8, 4) is 0 Å². The molecule has 0 unspecified atom stereocenters. The highest BCUT2D eigenvalue weighted by molar-refractivity contribution is 9.10. The van der Waals surface area contributed by atoms with E-state index in [9.17, 15) is 4.39 Å². The predicted molar refractivity (Wildman–Crippen MR) is 105 cm³/mol. The fourth-order valence-corrected chi connectivity index (χ4v) is 4.88. The molecule has 0 saturated carbocycles. The fourth-order valence-electron chi connectivity index (χ4n) is 4.36. The van der Waals surface area contributed by atoms with Crippen molar-refractivity contribution in [2.45, 2.75) is 25.0 Å². The van der Waals surface area contributed by atoms with Crippen LogP contribution < -0.4 is 5.32 Å². The van der Waals surface area contributed by atoms with Crippen LogP contribution in [0.2, 0.25) is 0 Å². The number of benzene rings is 2. The Bertz CT molecular complexity index is 758. The van der Waals surface area contributed by atoms with Crippen molar-refractivity contribution in [3.63, 3.8) is 0 Å². The standard InChI is InChI=1S/C21H24BrFN2O/c22-18-11-16(12-19(23)13-18)14-26-15-21(25-9-7-24-8-10-25)6-5-17-3-1-2-4-20(17)21/h1-4,11-13,24H,5-10,14-15H2/t21-/m0/s1. The van der Waals surface area contributed by atoms with E-state index < -0.39 is 0 Å². The van der Waals surface area contributed by atoms with Crippen molar-refractivity contribution in [2.24, 2.45) is 0 Å². The number of rotatable bonds is 5. The molecule has 1 fully saturated rings. The molecule has 2 aromatic rings. The molecule has 2 aliphatic rings. The Morgan fingerprint density at radius 3 is 2.77 bits per heavy atom. The first-order chi connectivity index (χ1) is 12.7. The third-order valence-corrected chi connectivity index (χ3v) is 6.04. The Morgan fingerprint density at radius 1 is 1.15 bits per heavy atom. The van der Waals surface area contributed by atoms with Crippen molar-refractivity contribution in [1.82, 2.24) is 10.2 Å². The van der Waals surface area contributed by atoms with Gasteiger partial charge in [0.2, 0.25) is 0 Å². The van der Waals surface area contributed by atoms with Gasteiger partial charge in [0.05, 0.1) is 18.8 Å². The summed E-state index contributed by atoms with van der Waals surface area (Å²) >= 11 is 3.35. The normalized spacial score (nSPS) is 23.2. The Hall–Kier alpha value is -1.27. The summed E-state index contributed by atoms with van der Waals surface area (Å²) in [5.41, 5.74) is 3.63. The van der Waals surface area contributed by atoms with E-state index in [-0.39, 0.29) is 11.4 Å². The average Bonchev–Trinajstić information content (AvgIpc) is 3.02. The van der Waals surface area contributed by atoms with E-state index >= 15 is 0 Å². The van der Waals surface area contributed by atoms with Gasteiger partial charge in [0.1, 0.15) is 5.82 Å². The van der Waals surface area contributed by atoms with Gasteiger partial charge in [-0.25, -0.2) is 4.39 Å². The first-order valence-electron chi connectivity index (χ1n) is 9.24. The van der Waals surface area contributed by atoms with Crippen LogP contribution in [-0.2, 0) is 23.3 Å². The van der Waals surface area contributed by atoms with Crippen LogP contribution in [0.15, 0.2) is 46.9 Å². The molecule has 0 amide bonds. The number of nitrogens with zero attached hydrogens (tertiary/aromatic N) is 1. The van der Waals surface area contributed by atoms with Gasteiger partial charge >= 0.3 is 0 Å². The highest BCUT2D eigenvalue weighted by Gasteiger charge is 2.44. The molecule has 138 valence electrons. The SMILES string of the molecule is Fc1cc(Br)cc(COC[C@@]2(N3CCNCC3)CCc3ccccc32)c1. The van der Waals surface area contributed by atoms with Gasteiger partial charge in [-0.05, 0) is 47.7 Å². The van der Waals surface area contributed by atoms with E-state index in [1.165, 1.54) is 17.2 Å². The minimum atomic E-state index is -0.235. The number of ether oxygens (including phenoxy) is 1. The third kappa shape index (κ3) is 3.58. The fraction of sp³-hybridized carbons (Fsp3) is 0.429.